The summed E-state index contributed by atoms with van der Waals surface area (Å²) in [5.41, 5.74) is -0.00983. The van der Waals surface area contributed by atoms with E-state index in [4.69, 9.17) is 0 Å². The van der Waals surface area contributed by atoms with Crippen LogP contribution in [-0.4, -0.2) is 26.4 Å². The van der Waals surface area contributed by atoms with E-state index in [1.165, 1.54) is 23.9 Å². The summed E-state index contributed by atoms with van der Waals surface area (Å²) in [6.07, 6.45) is 3.22. The van der Waals surface area contributed by atoms with Crippen molar-refractivity contribution in [3.8, 4) is 0 Å². The largest absolute Gasteiger partial charge is 0.370 e. The van der Waals surface area contributed by atoms with Crippen LogP contribution in [0.25, 0.3) is 0 Å². The molecule has 0 fully saturated rings. The third kappa shape index (κ3) is 3.62. The Bertz CT molecular complexity index is 579. The van der Waals surface area contributed by atoms with Crippen molar-refractivity contribution in [3.05, 3.63) is 40.7 Å². The summed E-state index contributed by atoms with van der Waals surface area (Å²) in [7, 11) is 0. The van der Waals surface area contributed by atoms with Gasteiger partial charge in [0.2, 0.25) is 0 Å². The van der Waals surface area contributed by atoms with Gasteiger partial charge in [-0.3, -0.25) is 10.1 Å². The minimum absolute atomic E-state index is 0.00983. The summed E-state index contributed by atoms with van der Waals surface area (Å²) in [5.74, 6) is 0.468. The van der Waals surface area contributed by atoms with Gasteiger partial charge in [-0.2, -0.15) is 0 Å². The van der Waals surface area contributed by atoms with Crippen molar-refractivity contribution in [1.29, 1.82) is 0 Å². The van der Waals surface area contributed by atoms with E-state index in [1.807, 2.05) is 6.92 Å². The van der Waals surface area contributed by atoms with Gasteiger partial charge in [-0.25, -0.2) is 15.0 Å². The minimum atomic E-state index is -0.446. The van der Waals surface area contributed by atoms with E-state index >= 15 is 0 Å². The molecule has 2 rings (SSSR count). The highest BCUT2D eigenvalue weighted by Crippen LogP contribution is 2.27. The van der Waals surface area contributed by atoms with Crippen molar-refractivity contribution in [3.63, 3.8) is 0 Å². The molecule has 0 amide bonds. The first-order chi connectivity index (χ1) is 9.19. The molecule has 2 heterocycles. The Morgan fingerprint density at radius 3 is 2.74 bits per heavy atom. The number of pyridine rings is 1. The fourth-order valence-electron chi connectivity index (χ4n) is 1.35. The predicted molar refractivity (Wildman–Crippen MR) is 71.2 cm³/mol. The molecule has 19 heavy (non-hydrogen) atoms. The molecule has 8 heteroatoms. The number of rotatable bonds is 5. The van der Waals surface area contributed by atoms with Crippen molar-refractivity contribution >= 4 is 23.3 Å². The second-order valence-electron chi connectivity index (χ2n) is 3.47. The quantitative estimate of drug-likeness (QED) is 0.509. The highest BCUT2D eigenvalue weighted by atomic mass is 32.2. The zero-order valence-electron chi connectivity index (χ0n) is 10.1. The topological polar surface area (TPSA) is 93.8 Å². The Balaban J connectivity index is 2.31. The molecule has 0 unspecified atom stereocenters. The lowest BCUT2D eigenvalue weighted by Crippen LogP contribution is -2.01. The van der Waals surface area contributed by atoms with Gasteiger partial charge in [0.25, 0.3) is 5.69 Å². The molecule has 0 aromatic carbocycles. The first-order valence-corrected chi connectivity index (χ1v) is 6.36. The van der Waals surface area contributed by atoms with Crippen molar-refractivity contribution in [2.24, 2.45) is 0 Å². The molecular formula is C11H11N5O2S. The summed E-state index contributed by atoms with van der Waals surface area (Å²) < 4.78 is 0. The molecular weight excluding hydrogens is 266 g/mol. The maximum absolute atomic E-state index is 10.9. The summed E-state index contributed by atoms with van der Waals surface area (Å²) in [4.78, 5) is 22.8. The number of nitrogens with one attached hydrogen (secondary N) is 1. The zero-order chi connectivity index (χ0) is 13.7. The zero-order valence-corrected chi connectivity index (χ0v) is 10.9. The van der Waals surface area contributed by atoms with Gasteiger partial charge in [0.05, 0.1) is 11.0 Å². The first kappa shape index (κ1) is 13.2. The van der Waals surface area contributed by atoms with E-state index in [-0.39, 0.29) is 5.69 Å². The lowest BCUT2D eigenvalue weighted by Gasteiger charge is -2.05. The highest BCUT2D eigenvalue weighted by molar-refractivity contribution is 7.99. The van der Waals surface area contributed by atoms with E-state index in [0.717, 1.165) is 0 Å². The number of anilines is 1. The average Bonchev–Trinajstić information content (AvgIpc) is 2.40. The van der Waals surface area contributed by atoms with E-state index in [0.29, 0.717) is 22.5 Å². The molecule has 2 aromatic rings. The Kier molecular flexibility index (Phi) is 4.24. The van der Waals surface area contributed by atoms with Crippen molar-refractivity contribution in [1.82, 2.24) is 15.0 Å². The van der Waals surface area contributed by atoms with Gasteiger partial charge >= 0.3 is 0 Å². The van der Waals surface area contributed by atoms with E-state index < -0.39 is 4.92 Å². The lowest BCUT2D eigenvalue weighted by molar-refractivity contribution is -0.385. The number of hydrogen-bond donors (Lipinski definition) is 1. The molecule has 2 aromatic heterocycles. The van der Waals surface area contributed by atoms with Crippen LogP contribution in [0, 0.1) is 10.1 Å². The lowest BCUT2D eigenvalue weighted by atomic mass is 10.4. The predicted octanol–water partition coefficient (Wildman–Crippen LogP) is 2.36. The smallest absolute Gasteiger partial charge is 0.275 e. The van der Waals surface area contributed by atoms with Crippen LogP contribution < -0.4 is 5.32 Å². The standard InChI is InChI=1S/C11H11N5O2S/c1-2-12-9-6-8(16(17)18)7-10(15-9)19-11-13-4-3-5-14-11/h3-7H,2H2,1H3,(H,12,15). The van der Waals surface area contributed by atoms with E-state index in [1.54, 1.807) is 18.5 Å². The fraction of sp³-hybridized carbons (Fsp3) is 0.182. The molecule has 0 saturated carbocycles. The Morgan fingerprint density at radius 2 is 2.11 bits per heavy atom. The maximum atomic E-state index is 10.9. The van der Waals surface area contributed by atoms with Gasteiger partial charge in [0, 0.05) is 25.0 Å². The van der Waals surface area contributed by atoms with Crippen LogP contribution in [0.4, 0.5) is 11.5 Å². The van der Waals surface area contributed by atoms with E-state index in [2.05, 4.69) is 20.3 Å². The molecule has 0 aliphatic rings. The monoisotopic (exact) mass is 277 g/mol. The van der Waals surface area contributed by atoms with Gasteiger partial charge in [0.1, 0.15) is 10.8 Å². The average molecular weight is 277 g/mol. The Labute approximate surface area is 113 Å². The number of nitrogens with zero attached hydrogens (tertiary/aromatic N) is 4. The molecule has 0 bridgehead atoms. The molecule has 0 radical (unpaired) electrons. The van der Waals surface area contributed by atoms with Crippen LogP contribution in [0.2, 0.25) is 0 Å². The Morgan fingerprint density at radius 1 is 1.37 bits per heavy atom. The van der Waals surface area contributed by atoms with Crippen molar-refractivity contribution in [2.75, 3.05) is 11.9 Å². The summed E-state index contributed by atoms with van der Waals surface area (Å²) >= 11 is 1.18. The summed E-state index contributed by atoms with van der Waals surface area (Å²) in [5, 5.41) is 14.8. The van der Waals surface area contributed by atoms with Crippen LogP contribution in [0.5, 0.6) is 0 Å². The van der Waals surface area contributed by atoms with Gasteiger partial charge in [-0.15, -0.1) is 0 Å². The van der Waals surface area contributed by atoms with Crippen molar-refractivity contribution < 1.29 is 4.92 Å². The molecule has 0 spiro atoms. The third-order valence-corrected chi connectivity index (χ3v) is 2.90. The molecule has 98 valence electrons. The summed E-state index contributed by atoms with van der Waals surface area (Å²) in [6.45, 7) is 2.54. The van der Waals surface area contributed by atoms with Crippen LogP contribution in [0.3, 0.4) is 0 Å². The van der Waals surface area contributed by atoms with Crippen LogP contribution in [-0.2, 0) is 0 Å². The Hall–Kier alpha value is -2.22. The number of nitro groups is 1. The second kappa shape index (κ2) is 6.10. The van der Waals surface area contributed by atoms with Gasteiger partial charge in [0.15, 0.2) is 5.16 Å². The molecule has 1 N–H and O–H groups in total. The van der Waals surface area contributed by atoms with Crippen molar-refractivity contribution in [2.45, 2.75) is 17.1 Å². The maximum Gasteiger partial charge on any atom is 0.275 e. The normalized spacial score (nSPS) is 10.2. The van der Waals surface area contributed by atoms with E-state index in [9.17, 15) is 10.1 Å². The summed E-state index contributed by atoms with van der Waals surface area (Å²) in [6, 6.07) is 4.51. The SMILES string of the molecule is CCNc1cc([N+](=O)[O-])cc(Sc2ncccn2)n1. The molecule has 0 atom stereocenters. The van der Waals surface area contributed by atoms with Gasteiger partial charge in [-0.05, 0) is 24.8 Å². The third-order valence-electron chi connectivity index (χ3n) is 2.09. The highest BCUT2D eigenvalue weighted by Gasteiger charge is 2.12. The number of aromatic nitrogens is 3. The van der Waals surface area contributed by atoms with Crippen LogP contribution in [0.15, 0.2) is 40.8 Å². The molecule has 7 nitrogen and oxygen atoms in total. The van der Waals surface area contributed by atoms with Gasteiger partial charge < -0.3 is 5.32 Å². The van der Waals surface area contributed by atoms with Crippen LogP contribution in [0.1, 0.15) is 6.92 Å². The molecule has 0 saturated heterocycles. The van der Waals surface area contributed by atoms with Gasteiger partial charge in [-0.1, -0.05) is 0 Å². The fourth-order valence-corrected chi connectivity index (χ4v) is 2.09. The van der Waals surface area contributed by atoms with Crippen LogP contribution >= 0.6 is 11.8 Å². The minimum Gasteiger partial charge on any atom is -0.370 e. The molecule has 0 aliphatic heterocycles. The first-order valence-electron chi connectivity index (χ1n) is 5.54. The molecule has 0 aliphatic carbocycles. The number of hydrogen-bond acceptors (Lipinski definition) is 7. The second-order valence-corrected chi connectivity index (χ2v) is 4.46.